The van der Waals surface area contributed by atoms with Crippen molar-refractivity contribution in [1.29, 1.82) is 0 Å². The van der Waals surface area contributed by atoms with Gasteiger partial charge in [-0.25, -0.2) is 0 Å². The number of benzene rings is 2. The highest BCUT2D eigenvalue weighted by Gasteiger charge is 2.51. The molecule has 0 radical (unpaired) electrons. The summed E-state index contributed by atoms with van der Waals surface area (Å²) in [7, 11) is 0. The van der Waals surface area contributed by atoms with Crippen LogP contribution in [0.5, 0.6) is 0 Å². The summed E-state index contributed by atoms with van der Waals surface area (Å²) in [5.74, 6) is -0.156. The molecule has 7 nitrogen and oxygen atoms in total. The molecule has 0 N–H and O–H groups in total. The van der Waals surface area contributed by atoms with Crippen molar-refractivity contribution in [3.8, 4) is 0 Å². The molecular weight excluding hydrogens is 334 g/mol. The number of nitro benzene ring substituents is 1. The zero-order valence-corrected chi connectivity index (χ0v) is 13.9. The van der Waals surface area contributed by atoms with E-state index in [2.05, 4.69) is 0 Å². The fourth-order valence-electron chi connectivity index (χ4n) is 3.80. The van der Waals surface area contributed by atoms with Crippen molar-refractivity contribution in [2.24, 2.45) is 0 Å². The van der Waals surface area contributed by atoms with Gasteiger partial charge in [-0.15, -0.1) is 0 Å². The Morgan fingerprint density at radius 3 is 2.42 bits per heavy atom. The maximum absolute atomic E-state index is 12.8. The number of nitrogens with zero attached hydrogens (tertiary/aromatic N) is 3. The van der Waals surface area contributed by atoms with E-state index in [4.69, 9.17) is 0 Å². The molecular formula is C19H17N3O4. The minimum absolute atomic E-state index is 0.00905. The number of hydrogen-bond donors (Lipinski definition) is 0. The van der Waals surface area contributed by atoms with Crippen LogP contribution < -0.4 is 4.90 Å². The highest BCUT2D eigenvalue weighted by Crippen LogP contribution is 2.36. The van der Waals surface area contributed by atoms with Crippen molar-refractivity contribution in [3.05, 3.63) is 70.3 Å². The van der Waals surface area contributed by atoms with Gasteiger partial charge in [-0.05, 0) is 24.1 Å². The van der Waals surface area contributed by atoms with Crippen LogP contribution in [0.4, 0.5) is 11.4 Å². The lowest BCUT2D eigenvalue weighted by Crippen LogP contribution is -2.52. The Hall–Kier alpha value is -3.22. The van der Waals surface area contributed by atoms with E-state index in [9.17, 15) is 19.7 Å². The lowest BCUT2D eigenvalue weighted by atomic mass is 10.1. The Labute approximate surface area is 150 Å². The van der Waals surface area contributed by atoms with E-state index in [0.29, 0.717) is 18.7 Å². The largest absolute Gasteiger partial charge is 0.328 e. The number of carbonyl (C=O) groups excluding carboxylic acids is 2. The number of piperazine rings is 1. The molecule has 2 bridgehead atoms. The summed E-state index contributed by atoms with van der Waals surface area (Å²) in [6, 6.07) is 14.9. The fourth-order valence-corrected chi connectivity index (χ4v) is 3.80. The van der Waals surface area contributed by atoms with Crippen molar-refractivity contribution >= 4 is 23.2 Å². The minimum atomic E-state index is -0.467. The van der Waals surface area contributed by atoms with Crippen molar-refractivity contribution in [2.75, 3.05) is 11.4 Å². The number of non-ortho nitro benzene ring substituents is 1. The second-order valence-corrected chi connectivity index (χ2v) is 6.60. The van der Waals surface area contributed by atoms with E-state index in [0.717, 1.165) is 5.56 Å². The molecule has 2 aliphatic heterocycles. The predicted octanol–water partition coefficient (Wildman–Crippen LogP) is 2.15. The predicted molar refractivity (Wildman–Crippen MR) is 94.6 cm³/mol. The number of hydrogen-bond acceptors (Lipinski definition) is 4. The summed E-state index contributed by atoms with van der Waals surface area (Å²) in [4.78, 5) is 39.0. The number of carbonyl (C=O) groups is 2. The Morgan fingerprint density at radius 2 is 1.81 bits per heavy atom. The summed E-state index contributed by atoms with van der Waals surface area (Å²) >= 11 is 0. The van der Waals surface area contributed by atoms with E-state index in [1.54, 1.807) is 21.9 Å². The summed E-state index contributed by atoms with van der Waals surface area (Å²) in [6.07, 6.45) is 0.894. The van der Waals surface area contributed by atoms with Gasteiger partial charge in [0.1, 0.15) is 6.04 Å². The molecule has 26 heavy (non-hydrogen) atoms. The van der Waals surface area contributed by atoms with Gasteiger partial charge < -0.3 is 9.80 Å². The Bertz CT molecular complexity index is 866. The van der Waals surface area contributed by atoms with Gasteiger partial charge in [0.25, 0.3) is 5.69 Å². The van der Waals surface area contributed by atoms with E-state index in [1.807, 2.05) is 30.3 Å². The van der Waals surface area contributed by atoms with Gasteiger partial charge in [0.15, 0.2) is 0 Å². The number of fused-ring (bicyclic) bond motifs is 2. The van der Waals surface area contributed by atoms with Gasteiger partial charge in [0, 0.05) is 24.4 Å². The van der Waals surface area contributed by atoms with Gasteiger partial charge >= 0.3 is 0 Å². The van der Waals surface area contributed by atoms with Crippen molar-refractivity contribution in [2.45, 2.75) is 24.9 Å². The van der Waals surface area contributed by atoms with Crippen LogP contribution in [0.1, 0.15) is 12.0 Å². The number of likely N-dealkylation sites (tertiary alicyclic amines) is 1. The average molecular weight is 351 g/mol. The number of anilines is 1. The Morgan fingerprint density at radius 1 is 1.12 bits per heavy atom. The molecule has 2 aromatic rings. The standard InChI is InChI=1S/C19H17N3O4/c23-18(10-13-4-2-1-3-5-13)20-12-16-11-17(20)19(24)21(16)14-6-8-15(9-7-14)22(25)26/h1-9,16-17H,10-12H2/t16-,17-/m1/s1. The fraction of sp³-hybridized carbons (Fsp3) is 0.263. The lowest BCUT2D eigenvalue weighted by Gasteiger charge is -2.34. The van der Waals surface area contributed by atoms with Crippen LogP contribution in [0.2, 0.25) is 0 Å². The zero-order chi connectivity index (χ0) is 18.3. The number of amides is 2. The molecule has 2 saturated heterocycles. The van der Waals surface area contributed by atoms with Crippen LogP contribution in [0, 0.1) is 10.1 Å². The molecule has 2 amide bonds. The second kappa shape index (κ2) is 6.25. The minimum Gasteiger partial charge on any atom is -0.328 e. The zero-order valence-electron chi connectivity index (χ0n) is 13.9. The molecule has 0 aromatic heterocycles. The molecule has 132 valence electrons. The first-order valence-electron chi connectivity index (χ1n) is 8.45. The molecule has 2 heterocycles. The lowest BCUT2D eigenvalue weighted by molar-refractivity contribution is -0.384. The first-order chi connectivity index (χ1) is 12.5. The van der Waals surface area contributed by atoms with Crippen LogP contribution in [0.15, 0.2) is 54.6 Å². The molecule has 0 saturated carbocycles. The number of rotatable bonds is 4. The molecule has 2 aliphatic rings. The Balaban J connectivity index is 1.48. The molecule has 4 rings (SSSR count). The van der Waals surface area contributed by atoms with Gasteiger partial charge in [-0.1, -0.05) is 30.3 Å². The molecule has 0 aliphatic carbocycles. The normalized spacial score (nSPS) is 21.3. The molecule has 0 spiro atoms. The molecule has 7 heteroatoms. The van der Waals surface area contributed by atoms with Crippen molar-refractivity contribution in [1.82, 2.24) is 4.90 Å². The van der Waals surface area contributed by atoms with Gasteiger partial charge in [-0.2, -0.15) is 0 Å². The summed E-state index contributed by atoms with van der Waals surface area (Å²) < 4.78 is 0. The summed E-state index contributed by atoms with van der Waals surface area (Å²) in [6.45, 7) is 0.499. The summed E-state index contributed by atoms with van der Waals surface area (Å²) in [5.41, 5.74) is 1.56. The van der Waals surface area contributed by atoms with Crippen molar-refractivity contribution in [3.63, 3.8) is 0 Å². The third-order valence-corrected chi connectivity index (χ3v) is 5.02. The smallest absolute Gasteiger partial charge is 0.269 e. The van der Waals surface area contributed by atoms with Crippen molar-refractivity contribution < 1.29 is 14.5 Å². The van der Waals surface area contributed by atoms with Crippen LogP contribution in [-0.4, -0.2) is 40.3 Å². The molecule has 2 fully saturated rings. The molecule has 2 atom stereocenters. The van der Waals surface area contributed by atoms with Crippen LogP contribution in [0.25, 0.3) is 0 Å². The van der Waals surface area contributed by atoms with Crippen LogP contribution in [-0.2, 0) is 16.0 Å². The monoisotopic (exact) mass is 351 g/mol. The first kappa shape index (κ1) is 16.3. The third-order valence-electron chi connectivity index (χ3n) is 5.02. The van der Waals surface area contributed by atoms with E-state index < -0.39 is 11.0 Å². The molecule has 0 unspecified atom stereocenters. The van der Waals surface area contributed by atoms with Gasteiger partial charge in [0.2, 0.25) is 11.8 Å². The Kier molecular flexibility index (Phi) is 3.91. The quantitative estimate of drug-likeness (QED) is 0.624. The van der Waals surface area contributed by atoms with Gasteiger partial charge in [-0.3, -0.25) is 19.7 Å². The van der Waals surface area contributed by atoms with E-state index in [1.165, 1.54) is 12.1 Å². The first-order valence-corrected chi connectivity index (χ1v) is 8.45. The summed E-state index contributed by atoms with van der Waals surface area (Å²) in [5, 5.41) is 10.8. The van der Waals surface area contributed by atoms with E-state index in [-0.39, 0.29) is 30.0 Å². The topological polar surface area (TPSA) is 83.8 Å². The maximum Gasteiger partial charge on any atom is 0.269 e. The van der Waals surface area contributed by atoms with Gasteiger partial charge in [0.05, 0.1) is 17.4 Å². The third kappa shape index (κ3) is 2.71. The average Bonchev–Trinajstić information content (AvgIpc) is 3.21. The van der Waals surface area contributed by atoms with E-state index >= 15 is 0 Å². The van der Waals surface area contributed by atoms with Crippen LogP contribution >= 0.6 is 0 Å². The highest BCUT2D eigenvalue weighted by atomic mass is 16.6. The second-order valence-electron chi connectivity index (χ2n) is 6.60. The SMILES string of the molecule is O=C(Cc1ccccc1)N1C[C@H]2C[C@@H]1C(=O)N2c1ccc([N+](=O)[O-])cc1. The number of nitro groups is 1. The van der Waals surface area contributed by atoms with Crippen LogP contribution in [0.3, 0.4) is 0 Å². The molecule has 2 aromatic carbocycles. The maximum atomic E-state index is 12.8. The highest BCUT2D eigenvalue weighted by molar-refractivity contribution is 6.03.